The first-order valence-electron chi connectivity index (χ1n) is 10.9. The monoisotopic (exact) mass is 537 g/mol. The normalized spacial score (nSPS) is 11.5. The zero-order chi connectivity index (χ0) is 25.3. The Labute approximate surface area is 217 Å². The molecule has 5 aromatic rings. The van der Waals surface area contributed by atoms with E-state index in [-0.39, 0.29) is 17.3 Å². The summed E-state index contributed by atoms with van der Waals surface area (Å²) in [6, 6.07) is 21.6. The van der Waals surface area contributed by atoms with Crippen LogP contribution in [0, 0.1) is 6.92 Å². The first kappa shape index (κ1) is 24.1. The van der Waals surface area contributed by atoms with E-state index < -0.39 is 10.0 Å². The number of carbonyl (C=O) groups is 1. The van der Waals surface area contributed by atoms with Crippen molar-refractivity contribution in [1.29, 1.82) is 0 Å². The highest BCUT2D eigenvalue weighted by atomic mass is 35.5. The summed E-state index contributed by atoms with van der Waals surface area (Å²) in [5.74, 6) is 0.334. The molecule has 36 heavy (non-hydrogen) atoms. The van der Waals surface area contributed by atoms with E-state index in [0.717, 1.165) is 15.8 Å². The lowest BCUT2D eigenvalue weighted by Crippen LogP contribution is -2.30. The Morgan fingerprint density at radius 1 is 1.06 bits per heavy atom. The van der Waals surface area contributed by atoms with Gasteiger partial charge < -0.3 is 4.42 Å². The van der Waals surface area contributed by atoms with Crippen molar-refractivity contribution in [2.24, 2.45) is 0 Å². The number of carbonyl (C=O) groups excluding carboxylic acids is 1. The van der Waals surface area contributed by atoms with Crippen molar-refractivity contribution < 1.29 is 17.6 Å². The minimum atomic E-state index is -3.80. The molecule has 1 amide bonds. The van der Waals surface area contributed by atoms with Crippen molar-refractivity contribution >= 4 is 59.9 Å². The van der Waals surface area contributed by atoms with Crippen molar-refractivity contribution in [3.63, 3.8) is 0 Å². The molecule has 5 rings (SSSR count). The van der Waals surface area contributed by atoms with E-state index >= 15 is 0 Å². The molecule has 0 spiro atoms. The summed E-state index contributed by atoms with van der Waals surface area (Å²) in [7, 11) is -3.80. The van der Waals surface area contributed by atoms with Crippen LogP contribution in [-0.2, 0) is 16.6 Å². The second-order valence-electron chi connectivity index (χ2n) is 8.08. The number of furan rings is 1. The third-order valence-electron chi connectivity index (χ3n) is 5.41. The Bertz CT molecular complexity index is 1630. The van der Waals surface area contributed by atoms with Crippen LogP contribution in [0.25, 0.3) is 10.2 Å². The molecule has 182 valence electrons. The lowest BCUT2D eigenvalue weighted by molar-refractivity contribution is 0.0983. The van der Waals surface area contributed by atoms with Crippen LogP contribution in [-0.4, -0.2) is 19.3 Å². The molecule has 0 fully saturated rings. The molecular weight excluding hydrogens is 518 g/mol. The average molecular weight is 538 g/mol. The first-order chi connectivity index (χ1) is 17.3. The highest BCUT2D eigenvalue weighted by Gasteiger charge is 2.23. The van der Waals surface area contributed by atoms with Crippen LogP contribution in [0.4, 0.5) is 10.8 Å². The van der Waals surface area contributed by atoms with Crippen LogP contribution in [0.2, 0.25) is 5.02 Å². The zero-order valence-corrected chi connectivity index (χ0v) is 21.4. The van der Waals surface area contributed by atoms with E-state index in [1.54, 1.807) is 47.6 Å². The summed E-state index contributed by atoms with van der Waals surface area (Å²) in [6.07, 6.45) is 1.56. The third-order valence-corrected chi connectivity index (χ3v) is 8.10. The van der Waals surface area contributed by atoms with Gasteiger partial charge in [-0.2, -0.15) is 0 Å². The predicted octanol–water partition coefficient (Wildman–Crippen LogP) is 6.50. The number of hydrogen-bond donors (Lipinski definition) is 1. The molecule has 3 aromatic carbocycles. The molecule has 2 heterocycles. The molecule has 0 radical (unpaired) electrons. The standard InChI is InChI=1S/C26H20ClN3O4S2/c1-17-4-13-23-24(15-17)35-26(28-23)30(16-21-3-2-14-34-21)25(31)18-5-9-20(10-6-18)29-36(32,33)22-11-7-19(27)8-12-22/h2-15,29H,16H2,1H3. The Morgan fingerprint density at radius 2 is 1.81 bits per heavy atom. The van der Waals surface area contributed by atoms with Crippen LogP contribution in [0.5, 0.6) is 0 Å². The van der Waals surface area contributed by atoms with Crippen LogP contribution in [0.1, 0.15) is 21.7 Å². The second kappa shape index (κ2) is 9.77. The number of benzene rings is 3. The summed E-state index contributed by atoms with van der Waals surface area (Å²) < 4.78 is 34.3. The smallest absolute Gasteiger partial charge is 0.261 e. The van der Waals surface area contributed by atoms with Crippen molar-refractivity contribution in [3.05, 3.63) is 107 Å². The molecule has 0 aliphatic heterocycles. The highest BCUT2D eigenvalue weighted by Crippen LogP contribution is 2.32. The second-order valence-corrected chi connectivity index (χ2v) is 11.2. The van der Waals surface area contributed by atoms with Crippen molar-refractivity contribution in [2.75, 3.05) is 9.62 Å². The Kier molecular flexibility index (Phi) is 6.53. The van der Waals surface area contributed by atoms with Crippen LogP contribution >= 0.6 is 22.9 Å². The Balaban J connectivity index is 1.41. The number of hydrogen-bond acceptors (Lipinski definition) is 6. The lowest BCUT2D eigenvalue weighted by atomic mass is 10.2. The molecule has 0 bridgehead atoms. The van der Waals surface area contributed by atoms with Gasteiger partial charge in [0, 0.05) is 16.3 Å². The number of halogens is 1. The number of sulfonamides is 1. The van der Waals surface area contributed by atoms with Gasteiger partial charge in [-0.25, -0.2) is 13.4 Å². The van der Waals surface area contributed by atoms with Crippen molar-refractivity contribution in [1.82, 2.24) is 4.98 Å². The molecule has 0 aliphatic carbocycles. The molecule has 0 aliphatic rings. The number of aromatic nitrogens is 1. The number of amides is 1. The number of fused-ring (bicyclic) bond motifs is 1. The topological polar surface area (TPSA) is 92.5 Å². The van der Waals surface area contributed by atoms with Gasteiger partial charge in [0.1, 0.15) is 5.76 Å². The number of aryl methyl sites for hydroxylation is 1. The van der Waals surface area contributed by atoms with E-state index in [1.165, 1.54) is 35.6 Å². The van der Waals surface area contributed by atoms with E-state index in [1.807, 2.05) is 25.1 Å². The van der Waals surface area contributed by atoms with Crippen molar-refractivity contribution in [2.45, 2.75) is 18.4 Å². The molecule has 0 atom stereocenters. The Morgan fingerprint density at radius 3 is 2.50 bits per heavy atom. The van der Waals surface area contributed by atoms with E-state index in [0.29, 0.717) is 27.2 Å². The fraction of sp³-hybridized carbons (Fsp3) is 0.0769. The fourth-order valence-corrected chi connectivity index (χ4v) is 5.83. The maximum atomic E-state index is 13.6. The average Bonchev–Trinajstić information content (AvgIpc) is 3.52. The maximum absolute atomic E-state index is 13.6. The van der Waals surface area contributed by atoms with Gasteiger partial charge in [-0.05, 0) is 85.3 Å². The van der Waals surface area contributed by atoms with Crippen LogP contribution < -0.4 is 9.62 Å². The van der Waals surface area contributed by atoms with Gasteiger partial charge >= 0.3 is 0 Å². The van der Waals surface area contributed by atoms with Gasteiger partial charge in [0.2, 0.25) is 0 Å². The molecular formula is C26H20ClN3O4S2. The third kappa shape index (κ3) is 5.13. The maximum Gasteiger partial charge on any atom is 0.261 e. The summed E-state index contributed by atoms with van der Waals surface area (Å²) in [4.78, 5) is 19.9. The van der Waals surface area contributed by atoms with E-state index in [9.17, 15) is 13.2 Å². The van der Waals surface area contributed by atoms with Gasteiger partial charge in [-0.1, -0.05) is 29.0 Å². The van der Waals surface area contributed by atoms with E-state index in [4.69, 9.17) is 16.0 Å². The molecule has 7 nitrogen and oxygen atoms in total. The molecule has 0 saturated carbocycles. The van der Waals surface area contributed by atoms with Crippen LogP contribution in [0.15, 0.2) is 94.4 Å². The number of thiazole rings is 1. The van der Waals surface area contributed by atoms with E-state index in [2.05, 4.69) is 9.71 Å². The number of rotatable bonds is 7. The lowest BCUT2D eigenvalue weighted by Gasteiger charge is -2.19. The predicted molar refractivity (Wildman–Crippen MR) is 142 cm³/mol. The minimum Gasteiger partial charge on any atom is -0.467 e. The van der Waals surface area contributed by atoms with Gasteiger partial charge in [0.25, 0.3) is 15.9 Å². The molecule has 0 unspecified atom stereocenters. The number of nitrogens with zero attached hydrogens (tertiary/aromatic N) is 2. The number of nitrogens with one attached hydrogen (secondary N) is 1. The fourth-order valence-electron chi connectivity index (χ4n) is 3.58. The summed E-state index contributed by atoms with van der Waals surface area (Å²) in [6.45, 7) is 2.21. The van der Waals surface area contributed by atoms with Gasteiger partial charge in [-0.15, -0.1) is 0 Å². The van der Waals surface area contributed by atoms with Crippen molar-refractivity contribution in [3.8, 4) is 0 Å². The highest BCUT2D eigenvalue weighted by molar-refractivity contribution is 7.92. The molecule has 0 saturated heterocycles. The summed E-state index contributed by atoms with van der Waals surface area (Å²) in [5.41, 5.74) is 2.63. The SMILES string of the molecule is Cc1ccc2nc(N(Cc3ccco3)C(=O)c3ccc(NS(=O)(=O)c4ccc(Cl)cc4)cc3)sc2c1. The largest absolute Gasteiger partial charge is 0.467 e. The van der Waals surface area contributed by atoms with Gasteiger partial charge in [0.15, 0.2) is 5.13 Å². The van der Waals surface area contributed by atoms with Gasteiger partial charge in [-0.3, -0.25) is 14.4 Å². The number of anilines is 2. The summed E-state index contributed by atoms with van der Waals surface area (Å²) >= 11 is 7.28. The van der Waals surface area contributed by atoms with Crippen LogP contribution in [0.3, 0.4) is 0 Å². The minimum absolute atomic E-state index is 0.0859. The summed E-state index contributed by atoms with van der Waals surface area (Å²) in [5, 5.41) is 0.990. The molecule has 10 heteroatoms. The quantitative estimate of drug-likeness (QED) is 0.256. The van der Waals surface area contributed by atoms with Gasteiger partial charge in [0.05, 0.1) is 27.9 Å². The zero-order valence-electron chi connectivity index (χ0n) is 19.0. The first-order valence-corrected chi connectivity index (χ1v) is 13.6. The molecule has 1 N–H and O–H groups in total. The Hall–Kier alpha value is -3.66. The molecule has 2 aromatic heterocycles.